The van der Waals surface area contributed by atoms with E-state index in [-0.39, 0.29) is 0 Å². The Labute approximate surface area is 74.9 Å². The Bertz CT molecular complexity index is 116. The van der Waals surface area contributed by atoms with Crippen molar-refractivity contribution in [2.45, 2.75) is 13.8 Å². The molecule has 70 valence electrons. The molecule has 0 aromatic rings. The molecule has 0 spiro atoms. The van der Waals surface area contributed by atoms with Crippen LogP contribution in [0.2, 0.25) is 0 Å². The lowest BCUT2D eigenvalue weighted by atomic mass is 9.98. The zero-order valence-electron chi connectivity index (χ0n) is 7.95. The maximum Gasteiger partial charge on any atom is 0.0902 e. The van der Waals surface area contributed by atoms with E-state index in [1.807, 2.05) is 0 Å². The van der Waals surface area contributed by atoms with Gasteiger partial charge in [0.1, 0.15) is 0 Å². The van der Waals surface area contributed by atoms with Crippen LogP contribution in [0.4, 0.5) is 0 Å². The lowest BCUT2D eigenvalue weighted by Gasteiger charge is -2.18. The van der Waals surface area contributed by atoms with Crippen LogP contribution in [0.1, 0.15) is 13.8 Å². The van der Waals surface area contributed by atoms with Crippen molar-refractivity contribution in [2.75, 3.05) is 13.2 Å². The zero-order chi connectivity index (χ0) is 9.40. The fourth-order valence-electron chi connectivity index (χ4n) is 0.768. The Kier molecular flexibility index (Phi) is 6.25. The fraction of sp³-hybridized carbons (Fsp3) is 0.600. The van der Waals surface area contributed by atoms with Crippen molar-refractivity contribution in [3.8, 4) is 0 Å². The Hall–Kier alpha value is -0.920. The molecule has 0 aromatic carbocycles. The Morgan fingerprint density at radius 3 is 1.58 bits per heavy atom. The highest BCUT2D eigenvalue weighted by Crippen LogP contribution is 2.11. The summed E-state index contributed by atoms with van der Waals surface area (Å²) in [5.41, 5.74) is 0. The van der Waals surface area contributed by atoms with Gasteiger partial charge in [-0.3, -0.25) is 0 Å². The van der Waals surface area contributed by atoms with Gasteiger partial charge in [0.25, 0.3) is 0 Å². The Balaban J connectivity index is 3.52. The summed E-state index contributed by atoms with van der Waals surface area (Å²) in [5, 5.41) is 0. The average Bonchev–Trinajstić information content (AvgIpc) is 2.10. The molecule has 0 radical (unpaired) electrons. The van der Waals surface area contributed by atoms with Crippen molar-refractivity contribution >= 4 is 0 Å². The van der Waals surface area contributed by atoms with Crippen LogP contribution < -0.4 is 0 Å². The predicted molar refractivity (Wildman–Crippen MR) is 50.6 cm³/mol. The molecule has 0 saturated carbocycles. The van der Waals surface area contributed by atoms with E-state index in [2.05, 4.69) is 27.0 Å². The van der Waals surface area contributed by atoms with Gasteiger partial charge in [-0.25, -0.2) is 0 Å². The molecule has 2 atom stereocenters. The van der Waals surface area contributed by atoms with Gasteiger partial charge in [-0.05, 0) is 11.8 Å². The summed E-state index contributed by atoms with van der Waals surface area (Å²) in [6.45, 7) is 12.6. The van der Waals surface area contributed by atoms with Gasteiger partial charge in [0, 0.05) is 0 Å². The lowest BCUT2D eigenvalue weighted by molar-refractivity contribution is 0.119. The van der Waals surface area contributed by atoms with Crippen LogP contribution >= 0.6 is 0 Å². The molecule has 0 bridgehead atoms. The lowest BCUT2D eigenvalue weighted by Crippen LogP contribution is -2.17. The zero-order valence-corrected chi connectivity index (χ0v) is 7.95. The van der Waals surface area contributed by atoms with Crippen LogP contribution in [0.5, 0.6) is 0 Å². The van der Waals surface area contributed by atoms with Crippen LogP contribution in [-0.2, 0) is 9.47 Å². The molecule has 0 N–H and O–H groups in total. The minimum absolute atomic E-state index is 0.475. The van der Waals surface area contributed by atoms with Crippen LogP contribution in [-0.4, -0.2) is 13.2 Å². The second-order valence-corrected chi connectivity index (χ2v) is 2.95. The second-order valence-electron chi connectivity index (χ2n) is 2.95. The highest BCUT2D eigenvalue weighted by Gasteiger charge is 2.11. The number of rotatable bonds is 7. The largest absolute Gasteiger partial charge is 0.502 e. The number of ether oxygens (including phenoxy) is 2. The normalized spacial score (nSPS) is 14.5. The summed E-state index contributed by atoms with van der Waals surface area (Å²) in [6.07, 6.45) is 2.94. The molecule has 0 aliphatic heterocycles. The third kappa shape index (κ3) is 4.83. The van der Waals surface area contributed by atoms with E-state index < -0.39 is 0 Å². The summed E-state index contributed by atoms with van der Waals surface area (Å²) in [5.74, 6) is 0.950. The third-order valence-electron chi connectivity index (χ3n) is 1.93. The van der Waals surface area contributed by atoms with E-state index in [4.69, 9.17) is 9.47 Å². The van der Waals surface area contributed by atoms with Crippen LogP contribution in [0.25, 0.3) is 0 Å². The van der Waals surface area contributed by atoms with Gasteiger partial charge in [-0.15, -0.1) is 0 Å². The molecule has 2 nitrogen and oxygen atoms in total. The van der Waals surface area contributed by atoms with Crippen LogP contribution in [0.15, 0.2) is 25.7 Å². The molecule has 0 saturated heterocycles. The molecule has 0 fully saturated rings. The smallest absolute Gasteiger partial charge is 0.0902 e. The Morgan fingerprint density at radius 2 is 1.33 bits per heavy atom. The average molecular weight is 170 g/mol. The van der Waals surface area contributed by atoms with E-state index >= 15 is 0 Å². The quantitative estimate of drug-likeness (QED) is 0.547. The highest BCUT2D eigenvalue weighted by molar-refractivity contribution is 4.63. The van der Waals surface area contributed by atoms with Crippen molar-refractivity contribution in [3.63, 3.8) is 0 Å². The summed E-state index contributed by atoms with van der Waals surface area (Å²) in [4.78, 5) is 0. The molecular weight excluding hydrogens is 152 g/mol. The van der Waals surface area contributed by atoms with E-state index in [0.717, 1.165) is 0 Å². The third-order valence-corrected chi connectivity index (χ3v) is 1.93. The van der Waals surface area contributed by atoms with E-state index in [1.54, 1.807) is 0 Å². The summed E-state index contributed by atoms with van der Waals surface area (Å²) in [6, 6.07) is 0. The van der Waals surface area contributed by atoms with Gasteiger partial charge >= 0.3 is 0 Å². The van der Waals surface area contributed by atoms with Gasteiger partial charge in [-0.2, -0.15) is 0 Å². The number of hydrogen-bond donors (Lipinski definition) is 0. The predicted octanol–water partition coefficient (Wildman–Crippen LogP) is 2.58. The molecule has 0 heterocycles. The maximum atomic E-state index is 5.08. The molecule has 0 rings (SSSR count). The van der Waals surface area contributed by atoms with E-state index in [1.165, 1.54) is 12.5 Å². The van der Waals surface area contributed by atoms with Crippen molar-refractivity contribution in [1.29, 1.82) is 0 Å². The van der Waals surface area contributed by atoms with E-state index in [9.17, 15) is 0 Å². The molecule has 0 aliphatic rings. The van der Waals surface area contributed by atoms with Crippen LogP contribution in [0.3, 0.4) is 0 Å². The van der Waals surface area contributed by atoms with Gasteiger partial charge in [0.15, 0.2) is 0 Å². The highest BCUT2D eigenvalue weighted by atomic mass is 16.5. The molecular formula is C10H18O2. The second kappa shape index (κ2) is 6.77. The molecule has 2 unspecified atom stereocenters. The molecule has 12 heavy (non-hydrogen) atoms. The SMILES string of the molecule is C=COCC(C)C(C)COC=C. The molecule has 0 aromatic heterocycles. The molecule has 0 amide bonds. The molecule has 2 heteroatoms. The number of hydrogen-bond acceptors (Lipinski definition) is 2. The van der Waals surface area contributed by atoms with Crippen molar-refractivity contribution < 1.29 is 9.47 Å². The van der Waals surface area contributed by atoms with Gasteiger partial charge in [-0.1, -0.05) is 27.0 Å². The minimum Gasteiger partial charge on any atom is -0.502 e. The minimum atomic E-state index is 0.475. The van der Waals surface area contributed by atoms with Crippen molar-refractivity contribution in [1.82, 2.24) is 0 Å². The van der Waals surface area contributed by atoms with Crippen molar-refractivity contribution in [2.24, 2.45) is 11.8 Å². The maximum absolute atomic E-state index is 5.08. The van der Waals surface area contributed by atoms with Crippen LogP contribution in [0, 0.1) is 11.8 Å². The summed E-state index contributed by atoms with van der Waals surface area (Å²) < 4.78 is 10.2. The standard InChI is InChI=1S/C10H18O2/c1-5-11-7-9(3)10(4)8-12-6-2/h5-6,9-10H,1-2,7-8H2,3-4H3. The molecule has 0 aliphatic carbocycles. The van der Waals surface area contributed by atoms with Gasteiger partial charge in [0.2, 0.25) is 0 Å². The first-order valence-corrected chi connectivity index (χ1v) is 4.17. The summed E-state index contributed by atoms with van der Waals surface area (Å²) in [7, 11) is 0. The topological polar surface area (TPSA) is 18.5 Å². The first-order valence-electron chi connectivity index (χ1n) is 4.17. The Morgan fingerprint density at radius 1 is 1.00 bits per heavy atom. The van der Waals surface area contributed by atoms with E-state index in [0.29, 0.717) is 25.0 Å². The van der Waals surface area contributed by atoms with Gasteiger partial charge in [0.05, 0.1) is 25.7 Å². The summed E-state index contributed by atoms with van der Waals surface area (Å²) >= 11 is 0. The monoisotopic (exact) mass is 170 g/mol. The van der Waals surface area contributed by atoms with Gasteiger partial charge < -0.3 is 9.47 Å². The first-order chi connectivity index (χ1) is 5.72. The van der Waals surface area contributed by atoms with Crippen molar-refractivity contribution in [3.05, 3.63) is 25.7 Å². The first kappa shape index (κ1) is 11.1. The fourth-order valence-corrected chi connectivity index (χ4v) is 0.768.